The SMILES string of the molecule is CC[C@H](C)C[C@](C)(CC(=O)O)NC(=O)O[C@@H](OC(=O)C(C)C)C(C)C. The van der Waals surface area contributed by atoms with Crippen LogP contribution < -0.4 is 5.32 Å². The Labute approximate surface area is 150 Å². The Kier molecular flexibility index (Phi) is 9.52. The maximum absolute atomic E-state index is 12.3. The minimum absolute atomic E-state index is 0.218. The highest BCUT2D eigenvalue weighted by Gasteiger charge is 2.33. The van der Waals surface area contributed by atoms with E-state index in [1.54, 1.807) is 34.6 Å². The Hall–Kier alpha value is -1.79. The molecular formula is C18H33NO6. The number of carboxylic acid groups (broad SMARTS) is 1. The van der Waals surface area contributed by atoms with Crippen LogP contribution in [-0.4, -0.2) is 35.0 Å². The number of hydrogen-bond acceptors (Lipinski definition) is 5. The van der Waals surface area contributed by atoms with E-state index in [1.807, 2.05) is 13.8 Å². The Bertz CT molecular complexity index is 462. The molecular weight excluding hydrogens is 326 g/mol. The van der Waals surface area contributed by atoms with Gasteiger partial charge in [0, 0.05) is 5.92 Å². The van der Waals surface area contributed by atoms with Gasteiger partial charge in [0.05, 0.1) is 17.9 Å². The molecule has 0 aromatic carbocycles. The van der Waals surface area contributed by atoms with Gasteiger partial charge in [0.15, 0.2) is 0 Å². The second-order valence-electron chi connectivity index (χ2n) is 7.58. The van der Waals surface area contributed by atoms with E-state index in [1.165, 1.54) is 0 Å². The zero-order valence-electron chi connectivity index (χ0n) is 16.4. The molecule has 1 amide bonds. The molecule has 0 aromatic rings. The molecule has 3 atom stereocenters. The van der Waals surface area contributed by atoms with Crippen LogP contribution in [0, 0.1) is 17.8 Å². The highest BCUT2D eigenvalue weighted by Crippen LogP contribution is 2.23. The molecule has 7 nitrogen and oxygen atoms in total. The molecule has 0 fully saturated rings. The number of nitrogens with one attached hydrogen (secondary N) is 1. The molecule has 0 unspecified atom stereocenters. The molecule has 25 heavy (non-hydrogen) atoms. The first kappa shape index (κ1) is 23.2. The lowest BCUT2D eigenvalue weighted by molar-refractivity contribution is -0.178. The molecule has 146 valence electrons. The number of amides is 1. The van der Waals surface area contributed by atoms with Crippen molar-refractivity contribution in [2.45, 2.75) is 79.6 Å². The molecule has 0 aliphatic carbocycles. The topological polar surface area (TPSA) is 102 Å². The first-order chi connectivity index (χ1) is 11.4. The Morgan fingerprint density at radius 2 is 1.64 bits per heavy atom. The monoisotopic (exact) mass is 359 g/mol. The molecule has 2 N–H and O–H groups in total. The van der Waals surface area contributed by atoms with Crippen molar-refractivity contribution in [2.24, 2.45) is 17.8 Å². The lowest BCUT2D eigenvalue weighted by Gasteiger charge is -2.32. The van der Waals surface area contributed by atoms with Crippen molar-refractivity contribution in [3.63, 3.8) is 0 Å². The van der Waals surface area contributed by atoms with Gasteiger partial charge in [-0.3, -0.25) is 9.59 Å². The summed E-state index contributed by atoms with van der Waals surface area (Å²) in [4.78, 5) is 35.2. The van der Waals surface area contributed by atoms with Crippen molar-refractivity contribution in [1.29, 1.82) is 0 Å². The summed E-state index contributed by atoms with van der Waals surface area (Å²) in [5.41, 5.74) is -0.943. The number of carboxylic acids is 1. The van der Waals surface area contributed by atoms with Crippen molar-refractivity contribution < 1.29 is 29.0 Å². The van der Waals surface area contributed by atoms with Gasteiger partial charge in [0.2, 0.25) is 0 Å². The fraction of sp³-hybridized carbons (Fsp3) is 0.833. The Morgan fingerprint density at radius 1 is 1.08 bits per heavy atom. The highest BCUT2D eigenvalue weighted by atomic mass is 16.7. The summed E-state index contributed by atoms with van der Waals surface area (Å²) in [5, 5.41) is 11.8. The van der Waals surface area contributed by atoms with Crippen LogP contribution in [0.4, 0.5) is 4.79 Å². The number of esters is 1. The standard InChI is InChI=1S/C18H33NO6/c1-8-13(6)9-18(7,10-14(20)21)19-17(23)25-16(12(4)5)24-15(22)11(2)3/h11-13,16H,8-10H2,1-7H3,(H,19,23)(H,20,21)/t13-,16+,18+/m0/s1. The molecule has 0 saturated heterocycles. The minimum atomic E-state index is -1.02. The van der Waals surface area contributed by atoms with Crippen molar-refractivity contribution in [2.75, 3.05) is 0 Å². The lowest BCUT2D eigenvalue weighted by Crippen LogP contribution is -2.50. The predicted molar refractivity (Wildman–Crippen MR) is 93.9 cm³/mol. The molecule has 0 rings (SSSR count). The molecule has 0 saturated carbocycles. The van der Waals surface area contributed by atoms with E-state index in [4.69, 9.17) is 14.6 Å². The Morgan fingerprint density at radius 3 is 2.04 bits per heavy atom. The summed E-state index contributed by atoms with van der Waals surface area (Å²) in [5.74, 6) is -1.79. The average molecular weight is 359 g/mol. The summed E-state index contributed by atoms with van der Waals surface area (Å²) in [6, 6.07) is 0. The van der Waals surface area contributed by atoms with Gasteiger partial charge in [-0.15, -0.1) is 0 Å². The number of carbonyl (C=O) groups excluding carboxylic acids is 2. The van der Waals surface area contributed by atoms with Crippen LogP contribution in [-0.2, 0) is 19.1 Å². The number of rotatable bonds is 10. The maximum atomic E-state index is 12.3. The van der Waals surface area contributed by atoms with Gasteiger partial charge in [-0.1, -0.05) is 48.0 Å². The van der Waals surface area contributed by atoms with E-state index >= 15 is 0 Å². The fourth-order valence-electron chi connectivity index (χ4n) is 2.34. The number of carbonyl (C=O) groups is 3. The summed E-state index contributed by atoms with van der Waals surface area (Å²) < 4.78 is 10.4. The van der Waals surface area contributed by atoms with Crippen LogP contribution in [0.5, 0.6) is 0 Å². The van der Waals surface area contributed by atoms with Gasteiger partial charge in [-0.05, 0) is 19.3 Å². The molecule has 0 aliphatic heterocycles. The van der Waals surface area contributed by atoms with E-state index in [0.29, 0.717) is 6.42 Å². The molecule has 0 spiro atoms. The third-order valence-corrected chi connectivity index (χ3v) is 3.91. The van der Waals surface area contributed by atoms with Crippen LogP contribution in [0.2, 0.25) is 0 Å². The first-order valence-electron chi connectivity index (χ1n) is 8.81. The summed E-state index contributed by atoms with van der Waals surface area (Å²) in [6.07, 6.45) is -0.657. The van der Waals surface area contributed by atoms with Crippen molar-refractivity contribution in [1.82, 2.24) is 5.32 Å². The van der Waals surface area contributed by atoms with Crippen LogP contribution in [0.25, 0.3) is 0 Å². The zero-order chi connectivity index (χ0) is 19.8. The van der Waals surface area contributed by atoms with Crippen molar-refractivity contribution in [3.05, 3.63) is 0 Å². The van der Waals surface area contributed by atoms with Crippen LogP contribution in [0.3, 0.4) is 0 Å². The van der Waals surface area contributed by atoms with E-state index in [2.05, 4.69) is 5.32 Å². The van der Waals surface area contributed by atoms with E-state index in [9.17, 15) is 14.4 Å². The third-order valence-electron chi connectivity index (χ3n) is 3.91. The van der Waals surface area contributed by atoms with Gasteiger partial charge in [0.25, 0.3) is 6.29 Å². The predicted octanol–water partition coefficient (Wildman–Crippen LogP) is 3.56. The van der Waals surface area contributed by atoms with Crippen LogP contribution in [0.15, 0.2) is 0 Å². The van der Waals surface area contributed by atoms with Crippen LogP contribution >= 0.6 is 0 Å². The third kappa shape index (κ3) is 9.31. The molecule has 0 bridgehead atoms. The second-order valence-corrected chi connectivity index (χ2v) is 7.58. The maximum Gasteiger partial charge on any atom is 0.410 e. The van der Waals surface area contributed by atoms with Crippen molar-refractivity contribution >= 4 is 18.0 Å². The number of aliphatic carboxylic acids is 1. The summed E-state index contributed by atoms with van der Waals surface area (Å²) in [7, 11) is 0. The minimum Gasteiger partial charge on any atom is -0.481 e. The molecule has 0 aromatic heterocycles. The Balaban J connectivity index is 5.01. The van der Waals surface area contributed by atoms with Gasteiger partial charge >= 0.3 is 18.0 Å². The molecule has 0 radical (unpaired) electrons. The largest absolute Gasteiger partial charge is 0.481 e. The van der Waals surface area contributed by atoms with E-state index < -0.39 is 29.9 Å². The van der Waals surface area contributed by atoms with Gasteiger partial charge in [-0.25, -0.2) is 4.79 Å². The smallest absolute Gasteiger partial charge is 0.410 e. The highest BCUT2D eigenvalue weighted by molar-refractivity contribution is 5.73. The zero-order valence-corrected chi connectivity index (χ0v) is 16.4. The number of alkyl carbamates (subject to hydrolysis) is 1. The average Bonchev–Trinajstić information content (AvgIpc) is 2.44. The number of ether oxygens (including phenoxy) is 2. The van der Waals surface area contributed by atoms with Crippen LogP contribution in [0.1, 0.15) is 67.7 Å². The molecule has 0 aliphatic rings. The molecule has 0 heterocycles. The summed E-state index contributed by atoms with van der Waals surface area (Å²) >= 11 is 0. The van der Waals surface area contributed by atoms with E-state index in [-0.39, 0.29) is 24.2 Å². The quantitative estimate of drug-likeness (QED) is 0.457. The van der Waals surface area contributed by atoms with Gasteiger partial charge in [-0.2, -0.15) is 0 Å². The fourth-order valence-corrected chi connectivity index (χ4v) is 2.34. The van der Waals surface area contributed by atoms with Crippen molar-refractivity contribution in [3.8, 4) is 0 Å². The number of hydrogen-bond donors (Lipinski definition) is 2. The first-order valence-corrected chi connectivity index (χ1v) is 8.81. The lowest BCUT2D eigenvalue weighted by atomic mass is 9.86. The second kappa shape index (κ2) is 10.3. The molecule has 7 heteroatoms. The normalized spacial score (nSPS) is 16.0. The van der Waals surface area contributed by atoms with Gasteiger partial charge < -0.3 is 19.9 Å². The summed E-state index contributed by atoms with van der Waals surface area (Å²) in [6.45, 7) is 12.6. The van der Waals surface area contributed by atoms with E-state index in [0.717, 1.165) is 6.42 Å². The van der Waals surface area contributed by atoms with Gasteiger partial charge in [0.1, 0.15) is 0 Å².